The molecule has 1 aromatic carbocycles. The Hall–Kier alpha value is -0.380. The van der Waals surface area contributed by atoms with Crippen LogP contribution in [-0.2, 0) is 4.74 Å². The maximum atomic E-state index is 6.07. The maximum Gasteiger partial charge on any atom is 0.0960 e. The molecular formula is C16H26BrNO. The van der Waals surface area contributed by atoms with Crippen molar-refractivity contribution in [3.05, 3.63) is 34.3 Å². The number of halogens is 1. The Morgan fingerprint density at radius 3 is 2.63 bits per heavy atom. The fourth-order valence-corrected chi connectivity index (χ4v) is 2.39. The summed E-state index contributed by atoms with van der Waals surface area (Å²) in [6, 6.07) is 8.32. The highest BCUT2D eigenvalue weighted by Crippen LogP contribution is 2.25. The Bertz CT molecular complexity index is 354. The standard InChI is InChI=1S/C16H26BrNO/c1-4-10-18-12-16(19-11-9-13(2)3)14-7-5-6-8-15(14)17/h5-8,13,16,18H,4,9-12H2,1-3H3. The van der Waals surface area contributed by atoms with Gasteiger partial charge in [0.1, 0.15) is 0 Å². The number of hydrogen-bond acceptors (Lipinski definition) is 2. The zero-order chi connectivity index (χ0) is 14.1. The van der Waals surface area contributed by atoms with Crippen LogP contribution in [0.25, 0.3) is 0 Å². The largest absolute Gasteiger partial charge is 0.372 e. The summed E-state index contributed by atoms with van der Waals surface area (Å²) in [6.07, 6.45) is 2.38. The minimum Gasteiger partial charge on any atom is -0.372 e. The molecule has 0 aromatic heterocycles. The van der Waals surface area contributed by atoms with Gasteiger partial charge in [0.25, 0.3) is 0 Å². The minimum atomic E-state index is 0.126. The summed E-state index contributed by atoms with van der Waals surface area (Å²) in [7, 11) is 0. The predicted molar refractivity (Wildman–Crippen MR) is 85.5 cm³/mol. The summed E-state index contributed by atoms with van der Waals surface area (Å²) < 4.78 is 7.20. The van der Waals surface area contributed by atoms with Crippen LogP contribution in [0, 0.1) is 5.92 Å². The third kappa shape index (κ3) is 6.55. The van der Waals surface area contributed by atoms with Crippen LogP contribution in [0.1, 0.15) is 45.3 Å². The topological polar surface area (TPSA) is 21.3 Å². The molecule has 1 rings (SSSR count). The average Bonchev–Trinajstić information content (AvgIpc) is 2.37. The fourth-order valence-electron chi connectivity index (χ4n) is 1.85. The first-order chi connectivity index (χ1) is 9.15. The van der Waals surface area contributed by atoms with Crippen molar-refractivity contribution in [2.24, 2.45) is 5.92 Å². The highest BCUT2D eigenvalue weighted by Gasteiger charge is 2.14. The second kappa shape index (κ2) is 9.51. The Morgan fingerprint density at radius 1 is 1.26 bits per heavy atom. The summed E-state index contributed by atoms with van der Waals surface area (Å²) in [5.74, 6) is 0.684. The molecule has 0 saturated carbocycles. The van der Waals surface area contributed by atoms with Crippen molar-refractivity contribution in [1.82, 2.24) is 5.32 Å². The third-order valence-corrected chi connectivity index (χ3v) is 3.75. The van der Waals surface area contributed by atoms with Crippen LogP contribution >= 0.6 is 15.9 Å². The van der Waals surface area contributed by atoms with E-state index in [-0.39, 0.29) is 6.10 Å². The second-order valence-corrected chi connectivity index (χ2v) is 6.12. The number of nitrogens with one attached hydrogen (secondary N) is 1. The molecule has 0 aliphatic carbocycles. The van der Waals surface area contributed by atoms with E-state index in [1.165, 1.54) is 5.56 Å². The van der Waals surface area contributed by atoms with Gasteiger partial charge in [0, 0.05) is 17.6 Å². The van der Waals surface area contributed by atoms with Crippen LogP contribution in [0.15, 0.2) is 28.7 Å². The van der Waals surface area contributed by atoms with Gasteiger partial charge in [0.15, 0.2) is 0 Å². The van der Waals surface area contributed by atoms with E-state index < -0.39 is 0 Å². The van der Waals surface area contributed by atoms with Crippen LogP contribution in [0.4, 0.5) is 0 Å². The summed E-state index contributed by atoms with van der Waals surface area (Å²) >= 11 is 3.62. The molecule has 0 spiro atoms. The van der Waals surface area contributed by atoms with E-state index in [9.17, 15) is 0 Å². The van der Waals surface area contributed by atoms with Crippen LogP contribution in [-0.4, -0.2) is 19.7 Å². The van der Waals surface area contributed by atoms with Gasteiger partial charge in [0.2, 0.25) is 0 Å². The normalized spacial score (nSPS) is 12.9. The quantitative estimate of drug-likeness (QED) is 0.671. The lowest BCUT2D eigenvalue weighted by Crippen LogP contribution is -2.24. The summed E-state index contributed by atoms with van der Waals surface area (Å²) in [5, 5.41) is 3.45. The van der Waals surface area contributed by atoms with E-state index in [1.54, 1.807) is 0 Å². The summed E-state index contributed by atoms with van der Waals surface area (Å²) in [6.45, 7) is 9.36. The van der Waals surface area contributed by atoms with Gasteiger partial charge in [-0.2, -0.15) is 0 Å². The van der Waals surface area contributed by atoms with Crippen LogP contribution < -0.4 is 5.32 Å². The van der Waals surface area contributed by atoms with E-state index in [2.05, 4.69) is 60.2 Å². The molecule has 0 fully saturated rings. The number of benzene rings is 1. The van der Waals surface area contributed by atoms with Gasteiger partial charge in [0.05, 0.1) is 6.10 Å². The van der Waals surface area contributed by atoms with Crippen LogP contribution in [0.3, 0.4) is 0 Å². The van der Waals surface area contributed by atoms with Gasteiger partial charge in [-0.1, -0.05) is 54.9 Å². The lowest BCUT2D eigenvalue weighted by atomic mass is 10.1. The smallest absolute Gasteiger partial charge is 0.0960 e. The number of rotatable bonds is 9. The molecule has 0 heterocycles. The highest BCUT2D eigenvalue weighted by molar-refractivity contribution is 9.10. The Balaban J connectivity index is 2.60. The van der Waals surface area contributed by atoms with Gasteiger partial charge in [-0.15, -0.1) is 0 Å². The second-order valence-electron chi connectivity index (χ2n) is 5.27. The van der Waals surface area contributed by atoms with Gasteiger partial charge < -0.3 is 10.1 Å². The van der Waals surface area contributed by atoms with Gasteiger partial charge in [-0.25, -0.2) is 0 Å². The lowest BCUT2D eigenvalue weighted by Gasteiger charge is -2.21. The van der Waals surface area contributed by atoms with Crippen LogP contribution in [0.5, 0.6) is 0 Å². The predicted octanol–water partition coefficient (Wildman–Crippen LogP) is 4.55. The molecule has 1 aromatic rings. The number of ether oxygens (including phenoxy) is 1. The summed E-state index contributed by atoms with van der Waals surface area (Å²) in [4.78, 5) is 0. The van der Waals surface area contributed by atoms with E-state index in [0.717, 1.165) is 37.0 Å². The average molecular weight is 328 g/mol. The minimum absolute atomic E-state index is 0.126. The van der Waals surface area contributed by atoms with Gasteiger partial charge in [-0.05, 0) is 36.9 Å². The monoisotopic (exact) mass is 327 g/mol. The molecule has 0 bridgehead atoms. The van der Waals surface area contributed by atoms with Crippen molar-refractivity contribution in [1.29, 1.82) is 0 Å². The first-order valence-electron chi connectivity index (χ1n) is 7.21. The molecule has 2 nitrogen and oxygen atoms in total. The molecule has 1 atom stereocenters. The van der Waals surface area contributed by atoms with Gasteiger partial charge >= 0.3 is 0 Å². The molecule has 0 aliphatic rings. The lowest BCUT2D eigenvalue weighted by molar-refractivity contribution is 0.0454. The summed E-state index contributed by atoms with van der Waals surface area (Å²) in [5.41, 5.74) is 1.23. The van der Waals surface area contributed by atoms with E-state index in [4.69, 9.17) is 4.74 Å². The van der Waals surface area contributed by atoms with Crippen molar-refractivity contribution in [3.63, 3.8) is 0 Å². The first kappa shape index (κ1) is 16.7. The van der Waals surface area contributed by atoms with Crippen LogP contribution in [0.2, 0.25) is 0 Å². The van der Waals surface area contributed by atoms with Crippen molar-refractivity contribution in [2.45, 2.75) is 39.7 Å². The van der Waals surface area contributed by atoms with E-state index in [1.807, 2.05) is 6.07 Å². The molecule has 0 amide bonds. The molecule has 3 heteroatoms. The molecule has 0 radical (unpaired) electrons. The Kier molecular flexibility index (Phi) is 8.35. The van der Waals surface area contributed by atoms with Gasteiger partial charge in [-0.3, -0.25) is 0 Å². The molecule has 19 heavy (non-hydrogen) atoms. The maximum absolute atomic E-state index is 6.07. The van der Waals surface area contributed by atoms with Crippen molar-refractivity contribution in [3.8, 4) is 0 Å². The zero-order valence-corrected chi connectivity index (χ0v) is 13.9. The van der Waals surface area contributed by atoms with E-state index >= 15 is 0 Å². The SMILES string of the molecule is CCCNCC(OCCC(C)C)c1ccccc1Br. The zero-order valence-electron chi connectivity index (χ0n) is 12.3. The fraction of sp³-hybridized carbons (Fsp3) is 0.625. The molecular weight excluding hydrogens is 302 g/mol. The molecule has 1 N–H and O–H groups in total. The first-order valence-corrected chi connectivity index (χ1v) is 8.01. The Morgan fingerprint density at radius 2 is 2.00 bits per heavy atom. The highest BCUT2D eigenvalue weighted by atomic mass is 79.9. The molecule has 108 valence electrons. The molecule has 0 aliphatic heterocycles. The molecule has 1 unspecified atom stereocenters. The third-order valence-electron chi connectivity index (χ3n) is 3.02. The van der Waals surface area contributed by atoms with Crippen molar-refractivity contribution >= 4 is 15.9 Å². The van der Waals surface area contributed by atoms with Crippen molar-refractivity contribution in [2.75, 3.05) is 19.7 Å². The Labute approximate surface area is 126 Å². The van der Waals surface area contributed by atoms with E-state index in [0.29, 0.717) is 5.92 Å². The molecule has 0 saturated heterocycles. The van der Waals surface area contributed by atoms with Crippen molar-refractivity contribution < 1.29 is 4.74 Å². The number of hydrogen-bond donors (Lipinski definition) is 1.